The Bertz CT molecular complexity index is 612. The van der Waals surface area contributed by atoms with E-state index in [1.165, 1.54) is 12.1 Å². The normalized spacial score (nSPS) is 11.2. The molecule has 4 nitrogen and oxygen atoms in total. The van der Waals surface area contributed by atoms with Crippen LogP contribution in [0.3, 0.4) is 0 Å². The molecule has 0 saturated carbocycles. The molecule has 0 aromatic heterocycles. The summed E-state index contributed by atoms with van der Waals surface area (Å²) in [7, 11) is -3.54. The first-order valence-electron chi connectivity index (χ1n) is 5.16. The summed E-state index contributed by atoms with van der Waals surface area (Å²) in [6, 6.07) is 15.3. The Labute approximate surface area is 114 Å². The largest absolute Gasteiger partial charge is 0.308 e. The van der Waals surface area contributed by atoms with Crippen molar-refractivity contribution in [2.24, 2.45) is 0 Å². The standard InChI is InChI=1S/C12H11BrN2O2S/c13-10-6-8-11(9-7-10)14-15-18(16,17)12-4-2-1-3-5-12/h1-9,14-15H. The highest BCUT2D eigenvalue weighted by atomic mass is 79.9. The monoisotopic (exact) mass is 326 g/mol. The first kappa shape index (κ1) is 13.1. The molecule has 2 rings (SSSR count). The van der Waals surface area contributed by atoms with E-state index >= 15 is 0 Å². The minimum atomic E-state index is -3.54. The van der Waals surface area contributed by atoms with E-state index in [1.54, 1.807) is 30.3 Å². The van der Waals surface area contributed by atoms with E-state index in [2.05, 4.69) is 26.2 Å². The molecule has 0 atom stereocenters. The highest BCUT2D eigenvalue weighted by Gasteiger charge is 2.12. The molecule has 0 fully saturated rings. The van der Waals surface area contributed by atoms with Gasteiger partial charge in [-0.25, -0.2) is 8.42 Å². The molecule has 0 aliphatic carbocycles. The molecule has 0 spiro atoms. The summed E-state index contributed by atoms with van der Waals surface area (Å²) in [5, 5.41) is 0. The molecule has 0 amide bonds. The van der Waals surface area contributed by atoms with Crippen molar-refractivity contribution in [3.8, 4) is 0 Å². The summed E-state index contributed by atoms with van der Waals surface area (Å²) < 4.78 is 24.7. The van der Waals surface area contributed by atoms with Gasteiger partial charge in [0.25, 0.3) is 10.0 Å². The van der Waals surface area contributed by atoms with Crippen LogP contribution in [0.2, 0.25) is 0 Å². The van der Waals surface area contributed by atoms with Crippen LogP contribution in [-0.2, 0) is 10.0 Å². The fourth-order valence-electron chi connectivity index (χ4n) is 1.32. The Morgan fingerprint density at radius 3 is 2.11 bits per heavy atom. The van der Waals surface area contributed by atoms with Crippen LogP contribution in [0.15, 0.2) is 64.0 Å². The molecule has 2 N–H and O–H groups in total. The molecule has 0 aliphatic heterocycles. The quantitative estimate of drug-likeness (QED) is 0.849. The van der Waals surface area contributed by atoms with Crippen LogP contribution in [0.1, 0.15) is 0 Å². The number of benzene rings is 2. The zero-order valence-corrected chi connectivity index (χ0v) is 11.7. The number of hydrogen-bond acceptors (Lipinski definition) is 3. The first-order valence-corrected chi connectivity index (χ1v) is 7.44. The smallest absolute Gasteiger partial charge is 0.257 e. The van der Waals surface area contributed by atoms with Gasteiger partial charge in [-0.2, -0.15) is 0 Å². The molecule has 2 aromatic carbocycles. The molecular weight excluding hydrogens is 316 g/mol. The summed E-state index contributed by atoms with van der Waals surface area (Å²) in [5.41, 5.74) is 3.32. The van der Waals surface area contributed by atoms with Gasteiger partial charge < -0.3 is 5.43 Å². The van der Waals surface area contributed by atoms with Crippen molar-refractivity contribution in [1.29, 1.82) is 0 Å². The van der Waals surface area contributed by atoms with Crippen molar-refractivity contribution in [2.45, 2.75) is 4.90 Å². The van der Waals surface area contributed by atoms with Crippen molar-refractivity contribution in [1.82, 2.24) is 4.83 Å². The maximum atomic E-state index is 11.9. The maximum absolute atomic E-state index is 11.9. The third-order valence-corrected chi connectivity index (χ3v) is 4.02. The van der Waals surface area contributed by atoms with Gasteiger partial charge in [0.1, 0.15) is 0 Å². The summed E-state index contributed by atoms with van der Waals surface area (Å²) in [4.78, 5) is 2.54. The second-order valence-corrected chi connectivity index (χ2v) is 6.15. The number of nitrogens with one attached hydrogen (secondary N) is 2. The second kappa shape index (κ2) is 5.51. The summed E-state index contributed by atoms with van der Waals surface area (Å²) >= 11 is 3.31. The molecule has 0 heterocycles. The second-order valence-electron chi connectivity index (χ2n) is 3.55. The molecule has 0 unspecified atom stereocenters. The number of rotatable bonds is 4. The molecular formula is C12H11BrN2O2S. The molecule has 6 heteroatoms. The van der Waals surface area contributed by atoms with Gasteiger partial charge in [-0.3, -0.25) is 0 Å². The van der Waals surface area contributed by atoms with Gasteiger partial charge in [0.2, 0.25) is 0 Å². The lowest BCUT2D eigenvalue weighted by Crippen LogP contribution is -2.29. The van der Waals surface area contributed by atoms with Crippen LogP contribution >= 0.6 is 15.9 Å². The first-order chi connectivity index (χ1) is 8.58. The summed E-state index contributed by atoms with van der Waals surface area (Å²) in [6.45, 7) is 0. The van der Waals surface area contributed by atoms with Gasteiger partial charge in [0.05, 0.1) is 4.90 Å². The van der Waals surface area contributed by atoms with E-state index in [0.717, 1.165) is 4.47 Å². The Balaban J connectivity index is 2.08. The SMILES string of the molecule is O=S(=O)(NNc1ccc(Br)cc1)c1ccccc1. The average molecular weight is 327 g/mol. The summed E-state index contributed by atoms with van der Waals surface area (Å²) in [5.74, 6) is 0. The topological polar surface area (TPSA) is 58.2 Å². The van der Waals surface area contributed by atoms with Crippen molar-refractivity contribution >= 4 is 31.6 Å². The third-order valence-electron chi connectivity index (χ3n) is 2.23. The Hall–Kier alpha value is -1.37. The number of anilines is 1. The molecule has 0 bridgehead atoms. The number of hydrazine groups is 1. The van der Waals surface area contributed by atoms with Gasteiger partial charge >= 0.3 is 0 Å². The van der Waals surface area contributed by atoms with E-state index in [-0.39, 0.29) is 4.90 Å². The fourth-order valence-corrected chi connectivity index (χ4v) is 2.47. The van der Waals surface area contributed by atoms with E-state index in [9.17, 15) is 8.42 Å². The minimum Gasteiger partial charge on any atom is -0.308 e. The predicted octanol–water partition coefficient (Wildman–Crippen LogP) is 2.75. The van der Waals surface area contributed by atoms with Crippen molar-refractivity contribution < 1.29 is 8.42 Å². The lowest BCUT2D eigenvalue weighted by Gasteiger charge is -2.09. The molecule has 0 radical (unpaired) electrons. The number of halogens is 1. The van der Waals surface area contributed by atoms with Gasteiger partial charge in [-0.15, -0.1) is 4.83 Å². The van der Waals surface area contributed by atoms with Crippen LogP contribution in [0.5, 0.6) is 0 Å². The zero-order chi connectivity index (χ0) is 13.0. The van der Waals surface area contributed by atoms with Crippen molar-refractivity contribution in [3.05, 3.63) is 59.1 Å². The number of sulfonamides is 1. The Kier molecular flexibility index (Phi) is 4.00. The highest BCUT2D eigenvalue weighted by molar-refractivity contribution is 9.10. The van der Waals surface area contributed by atoms with E-state index in [4.69, 9.17) is 0 Å². The van der Waals surface area contributed by atoms with Gasteiger partial charge in [0.15, 0.2) is 0 Å². The van der Waals surface area contributed by atoms with Gasteiger partial charge in [-0.05, 0) is 36.4 Å². The fraction of sp³-hybridized carbons (Fsp3) is 0. The molecule has 2 aromatic rings. The van der Waals surface area contributed by atoms with Crippen LogP contribution in [-0.4, -0.2) is 8.42 Å². The number of hydrogen-bond donors (Lipinski definition) is 2. The minimum absolute atomic E-state index is 0.217. The van der Waals surface area contributed by atoms with E-state index in [0.29, 0.717) is 5.69 Å². The predicted molar refractivity (Wildman–Crippen MR) is 74.5 cm³/mol. The molecule has 18 heavy (non-hydrogen) atoms. The Morgan fingerprint density at radius 1 is 0.889 bits per heavy atom. The molecule has 94 valence electrons. The van der Waals surface area contributed by atoms with Crippen LogP contribution in [0.25, 0.3) is 0 Å². The summed E-state index contributed by atoms with van der Waals surface area (Å²) in [6.07, 6.45) is 0. The van der Waals surface area contributed by atoms with Crippen molar-refractivity contribution in [3.63, 3.8) is 0 Å². The highest BCUT2D eigenvalue weighted by Crippen LogP contribution is 2.14. The van der Waals surface area contributed by atoms with Gasteiger partial charge in [0, 0.05) is 10.2 Å². The average Bonchev–Trinajstić information content (AvgIpc) is 2.39. The third kappa shape index (κ3) is 3.32. The van der Waals surface area contributed by atoms with Crippen LogP contribution < -0.4 is 10.3 Å². The maximum Gasteiger partial charge on any atom is 0.257 e. The zero-order valence-electron chi connectivity index (χ0n) is 9.30. The lowest BCUT2D eigenvalue weighted by molar-refractivity contribution is 0.588. The van der Waals surface area contributed by atoms with Crippen LogP contribution in [0, 0.1) is 0 Å². The van der Waals surface area contributed by atoms with Crippen molar-refractivity contribution in [2.75, 3.05) is 5.43 Å². The molecule has 0 aliphatic rings. The van der Waals surface area contributed by atoms with Crippen LogP contribution in [0.4, 0.5) is 5.69 Å². The van der Waals surface area contributed by atoms with E-state index < -0.39 is 10.0 Å². The molecule has 0 saturated heterocycles. The van der Waals surface area contributed by atoms with E-state index in [1.807, 2.05) is 12.1 Å². The lowest BCUT2D eigenvalue weighted by atomic mass is 10.3. The Morgan fingerprint density at radius 2 is 1.50 bits per heavy atom. The van der Waals surface area contributed by atoms with Gasteiger partial charge in [-0.1, -0.05) is 34.1 Å².